The average Bonchev–Trinajstić information content (AvgIpc) is 3.17. The Balaban J connectivity index is 0.856. The number of hydrogen-bond donors (Lipinski definition) is 2. The number of piperidine rings is 2. The first-order valence-electron chi connectivity index (χ1n) is 19.2. The molecule has 3 aromatic rings. The van der Waals surface area contributed by atoms with Crippen molar-refractivity contribution in [1.29, 1.82) is 5.26 Å². The minimum Gasteiger partial charge on any atom is -0.489 e. The maximum atomic E-state index is 13.5. The van der Waals surface area contributed by atoms with Gasteiger partial charge in [0.05, 0.1) is 22.5 Å². The molecule has 13 nitrogen and oxygen atoms in total. The van der Waals surface area contributed by atoms with Gasteiger partial charge in [-0.15, -0.1) is 0 Å². The van der Waals surface area contributed by atoms with Gasteiger partial charge in [-0.25, -0.2) is 4.68 Å². The lowest BCUT2D eigenvalue weighted by Gasteiger charge is -2.63. The summed E-state index contributed by atoms with van der Waals surface area (Å²) in [6.07, 6.45) is 4.13. The smallest absolute Gasteiger partial charge is 0.269 e. The Morgan fingerprint density at radius 2 is 1.60 bits per heavy atom. The molecule has 3 amide bonds. The van der Waals surface area contributed by atoms with Gasteiger partial charge in [-0.2, -0.15) is 10.4 Å². The molecule has 1 aromatic heterocycles. The molecule has 1 unspecified atom stereocenters. The summed E-state index contributed by atoms with van der Waals surface area (Å²) in [5.74, 6) is 0.291. The van der Waals surface area contributed by atoms with E-state index < -0.39 is 11.9 Å². The maximum Gasteiger partial charge on any atom is 0.269 e. The number of aromatic nitrogens is 2. The van der Waals surface area contributed by atoms with Crippen molar-refractivity contribution in [3.8, 4) is 11.8 Å². The molecule has 4 aliphatic rings. The standard InChI is InChI=1S/C41H49ClN8O5/c1-40(2)38(41(3,4)39(40)55-31-10-7-28(23-43)32(42)22-31)46-36(53)27-5-8-29(9-6-27)48-15-13-26(14-16-48)25-47-17-19-49(20-18-47)30-21-35(52)50(44-24-30)33-11-12-34(51)45-37(33)54/h5-10,21-22,24,26,33,38-39H,11-20,25H2,1-4H3,(H,46,53)(H,45,51,54). The van der Waals surface area contributed by atoms with Crippen LogP contribution in [0, 0.1) is 28.1 Å². The monoisotopic (exact) mass is 768 g/mol. The van der Waals surface area contributed by atoms with Crippen LogP contribution in [0.4, 0.5) is 11.4 Å². The minimum absolute atomic E-state index is 0.107. The van der Waals surface area contributed by atoms with Crippen LogP contribution in [0.5, 0.6) is 5.75 Å². The number of amides is 3. The largest absolute Gasteiger partial charge is 0.489 e. The third-order valence-electron chi connectivity index (χ3n) is 12.1. The van der Waals surface area contributed by atoms with E-state index in [4.69, 9.17) is 16.3 Å². The van der Waals surface area contributed by atoms with Crippen molar-refractivity contribution in [1.82, 2.24) is 25.3 Å². The number of carbonyl (C=O) groups excluding carboxylic acids is 3. The van der Waals surface area contributed by atoms with Crippen LogP contribution in [-0.2, 0) is 9.59 Å². The Kier molecular flexibility index (Phi) is 10.7. The summed E-state index contributed by atoms with van der Waals surface area (Å²) in [5, 5.41) is 19.4. The predicted molar refractivity (Wildman–Crippen MR) is 209 cm³/mol. The molecule has 3 aliphatic heterocycles. The number of nitriles is 1. The van der Waals surface area contributed by atoms with Crippen LogP contribution in [0.25, 0.3) is 0 Å². The molecule has 1 aliphatic carbocycles. The Morgan fingerprint density at radius 3 is 2.22 bits per heavy atom. The molecule has 4 heterocycles. The lowest BCUT2D eigenvalue weighted by molar-refractivity contribution is -0.164. The summed E-state index contributed by atoms with van der Waals surface area (Å²) in [6, 6.07) is 15.7. The van der Waals surface area contributed by atoms with Crippen LogP contribution >= 0.6 is 11.6 Å². The minimum atomic E-state index is -0.758. The van der Waals surface area contributed by atoms with E-state index in [9.17, 15) is 24.4 Å². The topological polar surface area (TPSA) is 153 Å². The van der Waals surface area contributed by atoms with Crippen LogP contribution in [0.3, 0.4) is 0 Å². The van der Waals surface area contributed by atoms with Crippen molar-refractivity contribution < 1.29 is 19.1 Å². The fourth-order valence-corrected chi connectivity index (χ4v) is 9.50. The van der Waals surface area contributed by atoms with Crippen molar-refractivity contribution in [3.05, 3.63) is 81.2 Å². The Bertz CT molecular complexity index is 2030. The molecule has 0 bridgehead atoms. The van der Waals surface area contributed by atoms with Gasteiger partial charge in [0.15, 0.2) is 0 Å². The molecule has 2 aromatic carbocycles. The van der Waals surface area contributed by atoms with Crippen molar-refractivity contribution in [3.63, 3.8) is 0 Å². The molecule has 4 fully saturated rings. The van der Waals surface area contributed by atoms with Crippen LogP contribution < -0.4 is 30.7 Å². The fourth-order valence-electron chi connectivity index (χ4n) is 9.29. The summed E-state index contributed by atoms with van der Waals surface area (Å²) >= 11 is 6.25. The Morgan fingerprint density at radius 1 is 0.927 bits per heavy atom. The lowest BCUT2D eigenvalue weighted by atomic mass is 9.49. The second-order valence-corrected chi connectivity index (χ2v) is 16.9. The molecule has 0 spiro atoms. The second kappa shape index (κ2) is 15.3. The number of piperazine rings is 1. The Labute approximate surface area is 326 Å². The summed E-state index contributed by atoms with van der Waals surface area (Å²) in [6.45, 7) is 14.7. The number of rotatable bonds is 9. The van der Waals surface area contributed by atoms with Gasteiger partial charge in [-0.1, -0.05) is 39.3 Å². The van der Waals surface area contributed by atoms with Crippen LogP contribution in [-0.4, -0.2) is 90.4 Å². The molecule has 7 rings (SSSR count). The zero-order valence-electron chi connectivity index (χ0n) is 31.9. The van der Waals surface area contributed by atoms with E-state index >= 15 is 0 Å². The number of nitrogens with zero attached hydrogens (tertiary/aromatic N) is 6. The van der Waals surface area contributed by atoms with E-state index in [2.05, 4.69) is 64.2 Å². The van der Waals surface area contributed by atoms with E-state index in [1.807, 2.05) is 24.3 Å². The highest BCUT2D eigenvalue weighted by atomic mass is 35.5. The first-order chi connectivity index (χ1) is 26.2. The highest BCUT2D eigenvalue weighted by molar-refractivity contribution is 6.31. The average molecular weight is 769 g/mol. The van der Waals surface area contributed by atoms with Gasteiger partial charge < -0.3 is 19.9 Å². The highest BCUT2D eigenvalue weighted by Crippen LogP contribution is 2.55. The molecule has 2 N–H and O–H groups in total. The van der Waals surface area contributed by atoms with E-state index in [0.717, 1.165) is 70.0 Å². The maximum absolute atomic E-state index is 13.5. The quantitative estimate of drug-likeness (QED) is 0.300. The zero-order chi connectivity index (χ0) is 39.1. The number of anilines is 2. The number of nitrogens with one attached hydrogen (secondary N) is 2. The summed E-state index contributed by atoms with van der Waals surface area (Å²) < 4.78 is 7.56. The van der Waals surface area contributed by atoms with Gasteiger partial charge in [0.1, 0.15) is 24.0 Å². The van der Waals surface area contributed by atoms with Crippen molar-refractivity contribution in [2.75, 3.05) is 55.6 Å². The molecule has 290 valence electrons. The first kappa shape index (κ1) is 38.3. The van der Waals surface area contributed by atoms with E-state index in [1.54, 1.807) is 30.5 Å². The van der Waals surface area contributed by atoms with Gasteiger partial charge in [-0.05, 0) is 61.6 Å². The number of benzene rings is 2. The van der Waals surface area contributed by atoms with Gasteiger partial charge in [-0.3, -0.25) is 29.4 Å². The van der Waals surface area contributed by atoms with Gasteiger partial charge in [0.2, 0.25) is 5.91 Å². The van der Waals surface area contributed by atoms with Crippen molar-refractivity contribution in [2.45, 2.75) is 71.6 Å². The SMILES string of the molecule is CC1(C)C(NC(=O)c2ccc(N3CCC(CN4CCN(c5cnn(C6CCC(=O)NC6=O)c(=O)c5)CC4)CC3)cc2)C(C)(C)C1Oc1ccc(C#N)c(Cl)c1. The summed E-state index contributed by atoms with van der Waals surface area (Å²) in [7, 11) is 0. The van der Waals surface area contributed by atoms with Crippen LogP contribution in [0.2, 0.25) is 5.02 Å². The highest BCUT2D eigenvalue weighted by Gasteiger charge is 2.64. The van der Waals surface area contributed by atoms with Gasteiger partial charge in [0.25, 0.3) is 17.4 Å². The molecule has 3 saturated heterocycles. The molecule has 1 atom stereocenters. The van der Waals surface area contributed by atoms with Gasteiger partial charge >= 0.3 is 0 Å². The lowest BCUT2D eigenvalue weighted by Crippen LogP contribution is -2.74. The van der Waals surface area contributed by atoms with Gasteiger partial charge in [0, 0.05) is 92.5 Å². The van der Waals surface area contributed by atoms with Crippen molar-refractivity contribution in [2.24, 2.45) is 16.7 Å². The number of halogens is 1. The molecule has 1 saturated carbocycles. The van der Waals surface area contributed by atoms with E-state index in [0.29, 0.717) is 27.8 Å². The Hall–Kier alpha value is -4.93. The first-order valence-corrected chi connectivity index (χ1v) is 19.5. The van der Waals surface area contributed by atoms with E-state index in [-0.39, 0.29) is 53.2 Å². The molecule has 0 radical (unpaired) electrons. The van der Waals surface area contributed by atoms with Crippen LogP contribution in [0.15, 0.2) is 59.5 Å². The van der Waals surface area contributed by atoms with Crippen LogP contribution in [0.1, 0.15) is 75.3 Å². The molecular weight excluding hydrogens is 720 g/mol. The predicted octanol–water partition coefficient (Wildman–Crippen LogP) is 4.40. The molecular formula is C41H49ClN8O5. The van der Waals surface area contributed by atoms with Crippen molar-refractivity contribution >= 4 is 40.7 Å². The number of carbonyl (C=O) groups is 3. The normalized spacial score (nSPS) is 24.0. The number of hydrogen-bond acceptors (Lipinski definition) is 10. The number of imide groups is 1. The van der Waals surface area contributed by atoms with E-state index in [1.165, 1.54) is 4.68 Å². The third-order valence-corrected chi connectivity index (χ3v) is 12.4. The second-order valence-electron chi connectivity index (χ2n) is 16.5. The summed E-state index contributed by atoms with van der Waals surface area (Å²) in [4.78, 5) is 57.1. The molecule has 55 heavy (non-hydrogen) atoms. The summed E-state index contributed by atoms with van der Waals surface area (Å²) in [5.41, 5.74) is 1.88. The number of ether oxygens (including phenoxy) is 1. The fraction of sp³-hybridized carbons (Fsp3) is 0.512. The zero-order valence-corrected chi connectivity index (χ0v) is 32.6. The third kappa shape index (κ3) is 7.80. The molecule has 14 heteroatoms.